The molecule has 0 radical (unpaired) electrons. The number of rotatable bonds is 9. The average molecular weight is 356 g/mol. The smallest absolute Gasteiger partial charge is 0.323 e. The number of ether oxygens (including phenoxy) is 1. The third-order valence-corrected chi connectivity index (χ3v) is 3.77. The predicted molar refractivity (Wildman–Crippen MR) is 98.1 cm³/mol. The molecule has 0 spiro atoms. The molecule has 1 heterocycles. The lowest BCUT2D eigenvalue weighted by atomic mass is 10.1. The van der Waals surface area contributed by atoms with Crippen LogP contribution in [-0.2, 0) is 27.2 Å². The van der Waals surface area contributed by atoms with Crippen LogP contribution in [0, 0.1) is 0 Å². The summed E-state index contributed by atoms with van der Waals surface area (Å²) in [5.41, 5.74) is 8.09. The second kappa shape index (κ2) is 9.53. The molecular formula is C19H24N4O3. The number of carbonyl (C=O) groups excluding carboxylic acids is 2. The van der Waals surface area contributed by atoms with Crippen molar-refractivity contribution in [2.24, 2.45) is 5.73 Å². The molecule has 2 atom stereocenters. The zero-order valence-corrected chi connectivity index (χ0v) is 14.8. The van der Waals surface area contributed by atoms with E-state index in [1.165, 1.54) is 0 Å². The molecule has 0 bridgehead atoms. The quantitative estimate of drug-likeness (QED) is 0.461. The Morgan fingerprint density at radius 3 is 2.65 bits per heavy atom. The number of aromatic amines is 1. The molecule has 0 aliphatic rings. The number of esters is 1. The highest BCUT2D eigenvalue weighted by Gasteiger charge is 2.20. The maximum absolute atomic E-state index is 12.2. The van der Waals surface area contributed by atoms with E-state index in [1.54, 1.807) is 19.4 Å². The highest BCUT2D eigenvalue weighted by Crippen LogP contribution is 2.05. The van der Waals surface area contributed by atoms with Crippen molar-refractivity contribution in [2.45, 2.75) is 31.8 Å². The van der Waals surface area contributed by atoms with Crippen molar-refractivity contribution in [3.05, 3.63) is 66.3 Å². The fourth-order valence-corrected chi connectivity index (χ4v) is 2.36. The fraction of sp³-hybridized carbons (Fsp3) is 0.316. The topological polar surface area (TPSA) is 110 Å². The molecule has 0 fully saturated rings. The molecule has 0 saturated carbocycles. The number of aromatic nitrogens is 2. The molecule has 1 amide bonds. The normalized spacial score (nSPS) is 12.8. The van der Waals surface area contributed by atoms with Gasteiger partial charge in [0.25, 0.3) is 0 Å². The molecule has 2 aromatic rings. The maximum Gasteiger partial charge on any atom is 0.323 e. The van der Waals surface area contributed by atoms with E-state index in [-0.39, 0.29) is 12.5 Å². The van der Waals surface area contributed by atoms with Gasteiger partial charge in [-0.2, -0.15) is 0 Å². The standard InChI is InChI=1S/C19H24N4O3/c1-13(2)18(24)23-16(9-15-10-21-12-22-15)11-26-19(25)17(20)8-14-6-4-3-5-7-14/h3-7,10,12,16-17H,1,8-9,11,20H2,2H3,(H,21,22)(H,23,24)/t16-,17-/m0/s1. The van der Waals surface area contributed by atoms with Gasteiger partial charge in [-0.25, -0.2) is 4.98 Å². The molecule has 1 aromatic carbocycles. The Morgan fingerprint density at radius 2 is 2.04 bits per heavy atom. The van der Waals surface area contributed by atoms with E-state index in [9.17, 15) is 9.59 Å². The summed E-state index contributed by atoms with van der Waals surface area (Å²) in [7, 11) is 0. The van der Waals surface area contributed by atoms with E-state index in [4.69, 9.17) is 10.5 Å². The highest BCUT2D eigenvalue weighted by atomic mass is 16.5. The van der Waals surface area contributed by atoms with Gasteiger partial charge in [0, 0.05) is 23.9 Å². The largest absolute Gasteiger partial charge is 0.462 e. The third kappa shape index (κ3) is 6.18. The number of nitrogens with two attached hydrogens (primary N) is 1. The first-order valence-electron chi connectivity index (χ1n) is 8.35. The summed E-state index contributed by atoms with van der Waals surface area (Å²) < 4.78 is 5.32. The van der Waals surface area contributed by atoms with Crippen molar-refractivity contribution < 1.29 is 14.3 Å². The molecule has 7 heteroatoms. The van der Waals surface area contributed by atoms with Gasteiger partial charge in [0.2, 0.25) is 5.91 Å². The number of imidazole rings is 1. The number of benzene rings is 1. The minimum Gasteiger partial charge on any atom is -0.462 e. The minimum atomic E-state index is -0.762. The summed E-state index contributed by atoms with van der Waals surface area (Å²) >= 11 is 0. The van der Waals surface area contributed by atoms with Crippen LogP contribution in [0.4, 0.5) is 0 Å². The molecule has 0 unspecified atom stereocenters. The van der Waals surface area contributed by atoms with E-state index in [2.05, 4.69) is 21.9 Å². The Morgan fingerprint density at radius 1 is 1.31 bits per heavy atom. The number of amides is 1. The summed E-state index contributed by atoms with van der Waals surface area (Å²) in [6.45, 7) is 5.24. The van der Waals surface area contributed by atoms with Crippen molar-refractivity contribution in [1.82, 2.24) is 15.3 Å². The Balaban J connectivity index is 1.90. The van der Waals surface area contributed by atoms with Crippen molar-refractivity contribution in [2.75, 3.05) is 6.61 Å². The van der Waals surface area contributed by atoms with E-state index in [0.29, 0.717) is 18.4 Å². The first-order chi connectivity index (χ1) is 12.5. The summed E-state index contributed by atoms with van der Waals surface area (Å²) in [5.74, 6) is -0.799. The first kappa shape index (κ1) is 19.4. The molecule has 0 aliphatic carbocycles. The molecule has 1 aromatic heterocycles. The molecule has 2 rings (SSSR count). The van der Waals surface area contributed by atoms with Crippen LogP contribution < -0.4 is 11.1 Å². The Bertz CT molecular complexity index is 729. The van der Waals surface area contributed by atoms with Crippen molar-refractivity contribution >= 4 is 11.9 Å². The molecule has 4 N–H and O–H groups in total. The average Bonchev–Trinajstić information content (AvgIpc) is 3.13. The van der Waals surface area contributed by atoms with E-state index in [1.807, 2.05) is 30.3 Å². The summed E-state index contributed by atoms with van der Waals surface area (Å²) in [6.07, 6.45) is 4.04. The summed E-state index contributed by atoms with van der Waals surface area (Å²) in [5, 5.41) is 2.79. The van der Waals surface area contributed by atoms with Gasteiger partial charge in [0.15, 0.2) is 0 Å². The monoisotopic (exact) mass is 356 g/mol. The number of H-pyrrole nitrogens is 1. The molecule has 0 aliphatic heterocycles. The van der Waals surface area contributed by atoms with Gasteiger partial charge in [-0.05, 0) is 18.9 Å². The Labute approximate surface area is 152 Å². The molecule has 7 nitrogen and oxygen atoms in total. The van der Waals surface area contributed by atoms with E-state index < -0.39 is 18.1 Å². The lowest BCUT2D eigenvalue weighted by Crippen LogP contribution is -2.43. The highest BCUT2D eigenvalue weighted by molar-refractivity contribution is 5.92. The third-order valence-electron chi connectivity index (χ3n) is 3.77. The van der Waals surface area contributed by atoms with Crippen LogP contribution >= 0.6 is 0 Å². The fourth-order valence-electron chi connectivity index (χ4n) is 2.36. The SMILES string of the molecule is C=C(C)C(=O)N[C@H](COC(=O)[C@@H](N)Cc1ccccc1)Cc1cnc[nH]1. The van der Waals surface area contributed by atoms with E-state index >= 15 is 0 Å². The van der Waals surface area contributed by atoms with Gasteiger partial charge >= 0.3 is 5.97 Å². The second-order valence-electron chi connectivity index (χ2n) is 6.16. The second-order valence-corrected chi connectivity index (χ2v) is 6.16. The number of hydrogen-bond acceptors (Lipinski definition) is 5. The number of hydrogen-bond donors (Lipinski definition) is 3. The predicted octanol–water partition coefficient (Wildman–Crippen LogP) is 1.13. The molecule has 138 valence electrons. The van der Waals surface area contributed by atoms with Crippen molar-refractivity contribution in [1.29, 1.82) is 0 Å². The van der Waals surface area contributed by atoms with Crippen LogP contribution in [0.2, 0.25) is 0 Å². The van der Waals surface area contributed by atoms with Crippen molar-refractivity contribution in [3.8, 4) is 0 Å². The van der Waals surface area contributed by atoms with Gasteiger partial charge in [-0.1, -0.05) is 36.9 Å². The van der Waals surface area contributed by atoms with Crippen molar-refractivity contribution in [3.63, 3.8) is 0 Å². The lowest BCUT2D eigenvalue weighted by molar-refractivity contribution is -0.146. The summed E-state index contributed by atoms with van der Waals surface area (Å²) in [4.78, 5) is 31.0. The Hall–Kier alpha value is -2.93. The van der Waals surface area contributed by atoms with Gasteiger partial charge in [0.1, 0.15) is 12.6 Å². The van der Waals surface area contributed by atoms with Crippen LogP contribution in [0.5, 0.6) is 0 Å². The first-order valence-corrected chi connectivity index (χ1v) is 8.35. The molecule has 26 heavy (non-hydrogen) atoms. The number of carbonyl (C=O) groups is 2. The lowest BCUT2D eigenvalue weighted by Gasteiger charge is -2.19. The van der Waals surface area contributed by atoms with Gasteiger partial charge in [0.05, 0.1) is 12.4 Å². The van der Waals surface area contributed by atoms with Gasteiger partial charge in [-0.3, -0.25) is 9.59 Å². The van der Waals surface area contributed by atoms with E-state index in [0.717, 1.165) is 11.3 Å². The maximum atomic E-state index is 12.2. The molecular weight excluding hydrogens is 332 g/mol. The number of nitrogens with zero attached hydrogens (tertiary/aromatic N) is 1. The van der Waals surface area contributed by atoms with Gasteiger partial charge < -0.3 is 20.8 Å². The zero-order valence-electron chi connectivity index (χ0n) is 14.8. The van der Waals surface area contributed by atoms with Crippen LogP contribution in [0.25, 0.3) is 0 Å². The van der Waals surface area contributed by atoms with Gasteiger partial charge in [-0.15, -0.1) is 0 Å². The Kier molecular flexibility index (Phi) is 7.11. The van der Waals surface area contributed by atoms with Crippen LogP contribution in [-0.4, -0.2) is 40.5 Å². The van der Waals surface area contributed by atoms with Crippen LogP contribution in [0.1, 0.15) is 18.2 Å². The minimum absolute atomic E-state index is 0.0133. The zero-order chi connectivity index (χ0) is 18.9. The number of nitrogens with one attached hydrogen (secondary N) is 2. The van der Waals surface area contributed by atoms with Crippen LogP contribution in [0.15, 0.2) is 55.0 Å². The summed E-state index contributed by atoms with van der Waals surface area (Å²) in [6, 6.07) is 8.32. The van der Waals surface area contributed by atoms with Crippen LogP contribution in [0.3, 0.4) is 0 Å². The molecule has 0 saturated heterocycles.